The van der Waals surface area contributed by atoms with E-state index < -0.39 is 14.4 Å². The molecule has 1 N–H and O–H groups in total. The van der Waals surface area contributed by atoms with Gasteiger partial charge in [-0.05, 0) is 49.3 Å². The minimum absolute atomic E-state index is 0.152. The summed E-state index contributed by atoms with van der Waals surface area (Å²) in [6.45, 7) is 13.7. The number of amides is 1. The Kier molecular flexibility index (Phi) is 7.21. The van der Waals surface area contributed by atoms with E-state index in [0.29, 0.717) is 24.6 Å². The summed E-state index contributed by atoms with van der Waals surface area (Å²) in [5.74, 6) is 1.08. The third kappa shape index (κ3) is 5.66. The van der Waals surface area contributed by atoms with Gasteiger partial charge in [0.25, 0.3) is 0 Å². The molecule has 0 aliphatic heterocycles. The Bertz CT molecular complexity index is 1040. The van der Waals surface area contributed by atoms with Gasteiger partial charge in [0.1, 0.15) is 11.6 Å². The van der Waals surface area contributed by atoms with Crippen LogP contribution in [0.5, 0.6) is 5.75 Å². The molecule has 0 unspecified atom stereocenters. The molecule has 0 spiro atoms. The van der Waals surface area contributed by atoms with E-state index in [4.69, 9.17) is 14.3 Å². The first-order valence-corrected chi connectivity index (χ1v) is 13.8. The Hall–Kier alpha value is -2.90. The van der Waals surface area contributed by atoms with Crippen LogP contribution in [-0.4, -0.2) is 30.8 Å². The Labute approximate surface area is 191 Å². The third-order valence-corrected chi connectivity index (χ3v) is 10.5. The van der Waals surface area contributed by atoms with Gasteiger partial charge in [0.2, 0.25) is 0 Å². The van der Waals surface area contributed by atoms with Gasteiger partial charge in [0.15, 0.2) is 8.32 Å². The van der Waals surface area contributed by atoms with Crippen LogP contribution in [0.25, 0.3) is 5.69 Å². The number of hydrogen-bond donors (Lipinski definition) is 1. The Morgan fingerprint density at radius 2 is 1.62 bits per heavy atom. The first kappa shape index (κ1) is 23.8. The van der Waals surface area contributed by atoms with E-state index in [1.165, 1.54) is 0 Å². The highest BCUT2D eigenvalue weighted by atomic mass is 28.4. The number of carbonyl (C=O) groups is 1. The number of benzene rings is 2. The quantitative estimate of drug-likeness (QED) is 0.425. The smallest absolute Gasteiger partial charge is 0.416 e. The van der Waals surface area contributed by atoms with Crippen molar-refractivity contribution in [2.45, 2.75) is 52.2 Å². The van der Waals surface area contributed by atoms with Crippen LogP contribution in [0.3, 0.4) is 0 Å². The molecule has 1 heterocycles. The number of para-hydroxylation sites is 2. The lowest BCUT2D eigenvalue weighted by Gasteiger charge is -2.36. The summed E-state index contributed by atoms with van der Waals surface area (Å²) in [7, 11) is -1.84. The molecule has 6 nitrogen and oxygen atoms in total. The highest BCUT2D eigenvalue weighted by molar-refractivity contribution is 6.74. The van der Waals surface area contributed by atoms with Crippen LogP contribution in [0.1, 0.15) is 32.0 Å². The molecule has 3 rings (SSSR count). The zero-order valence-corrected chi connectivity index (χ0v) is 20.8. The maximum Gasteiger partial charge on any atom is 0.418 e. The SMILES string of the molecule is Cc1c(CCO[Si](C)(C)C(C)(C)C)nn(-c2ccccc2)c1NC(=O)Oc1ccccc1. The number of nitrogens with one attached hydrogen (secondary N) is 1. The van der Waals surface area contributed by atoms with E-state index in [2.05, 4.69) is 39.2 Å². The van der Waals surface area contributed by atoms with Gasteiger partial charge in [-0.25, -0.2) is 9.48 Å². The monoisotopic (exact) mass is 451 g/mol. The summed E-state index contributed by atoms with van der Waals surface area (Å²) in [6, 6.07) is 18.7. The summed E-state index contributed by atoms with van der Waals surface area (Å²) in [6.07, 6.45) is 0.112. The van der Waals surface area contributed by atoms with Gasteiger partial charge in [-0.15, -0.1) is 0 Å². The second-order valence-corrected chi connectivity index (χ2v) is 14.2. The van der Waals surface area contributed by atoms with E-state index >= 15 is 0 Å². The number of nitrogens with zero attached hydrogens (tertiary/aromatic N) is 2. The molecule has 3 aromatic rings. The van der Waals surface area contributed by atoms with Crippen LogP contribution in [-0.2, 0) is 10.8 Å². The number of hydrogen-bond acceptors (Lipinski definition) is 4. The second kappa shape index (κ2) is 9.71. The molecule has 2 aromatic carbocycles. The van der Waals surface area contributed by atoms with Crippen LogP contribution in [0.4, 0.5) is 10.6 Å². The maximum absolute atomic E-state index is 12.6. The number of aromatic nitrogens is 2. The molecular formula is C25H33N3O3Si. The fraction of sp³-hybridized carbons (Fsp3) is 0.360. The molecule has 0 bridgehead atoms. The zero-order chi connectivity index (χ0) is 23.4. The molecule has 7 heteroatoms. The van der Waals surface area contributed by atoms with Gasteiger partial charge in [-0.1, -0.05) is 57.2 Å². The van der Waals surface area contributed by atoms with Crippen molar-refractivity contribution >= 4 is 20.2 Å². The standard InChI is InChI=1S/C25H33N3O3Si/c1-19-22(17-18-30-32(5,6)25(2,3)4)27-28(20-13-9-7-10-14-20)23(19)26-24(29)31-21-15-11-8-12-16-21/h7-16H,17-18H2,1-6H3,(H,26,29). The highest BCUT2D eigenvalue weighted by Gasteiger charge is 2.37. The van der Waals surface area contributed by atoms with Crippen molar-refractivity contribution in [1.29, 1.82) is 0 Å². The van der Waals surface area contributed by atoms with Crippen LogP contribution in [0.2, 0.25) is 18.1 Å². The molecule has 0 fully saturated rings. The summed E-state index contributed by atoms with van der Waals surface area (Å²) in [4.78, 5) is 12.6. The van der Waals surface area contributed by atoms with E-state index in [-0.39, 0.29) is 5.04 Å². The van der Waals surface area contributed by atoms with Gasteiger partial charge < -0.3 is 9.16 Å². The van der Waals surface area contributed by atoms with Crippen LogP contribution < -0.4 is 10.1 Å². The van der Waals surface area contributed by atoms with Gasteiger partial charge >= 0.3 is 6.09 Å². The molecule has 0 saturated carbocycles. The molecule has 1 aromatic heterocycles. The highest BCUT2D eigenvalue weighted by Crippen LogP contribution is 2.36. The topological polar surface area (TPSA) is 65.4 Å². The van der Waals surface area contributed by atoms with Crippen molar-refractivity contribution in [3.05, 3.63) is 71.9 Å². The summed E-state index contributed by atoms with van der Waals surface area (Å²) >= 11 is 0. The van der Waals surface area contributed by atoms with Crippen molar-refractivity contribution in [1.82, 2.24) is 9.78 Å². The van der Waals surface area contributed by atoms with E-state index in [1.807, 2.05) is 55.5 Å². The molecule has 0 atom stereocenters. The van der Waals surface area contributed by atoms with E-state index in [0.717, 1.165) is 16.9 Å². The Morgan fingerprint density at radius 3 is 2.22 bits per heavy atom. The van der Waals surface area contributed by atoms with Crippen LogP contribution >= 0.6 is 0 Å². The van der Waals surface area contributed by atoms with Crippen molar-refractivity contribution in [2.75, 3.05) is 11.9 Å². The second-order valence-electron chi connectivity index (χ2n) is 9.35. The summed E-state index contributed by atoms with van der Waals surface area (Å²) < 4.78 is 13.5. The minimum Gasteiger partial charge on any atom is -0.416 e. The van der Waals surface area contributed by atoms with E-state index in [1.54, 1.807) is 16.8 Å². The Morgan fingerprint density at radius 1 is 1.03 bits per heavy atom. The maximum atomic E-state index is 12.6. The predicted molar refractivity (Wildman–Crippen MR) is 131 cm³/mol. The van der Waals surface area contributed by atoms with Crippen LogP contribution in [0, 0.1) is 6.92 Å². The van der Waals surface area contributed by atoms with Gasteiger partial charge in [0.05, 0.1) is 11.4 Å². The lowest BCUT2D eigenvalue weighted by Crippen LogP contribution is -2.41. The van der Waals surface area contributed by atoms with Gasteiger partial charge in [0, 0.05) is 18.6 Å². The molecule has 0 saturated heterocycles. The number of anilines is 1. The number of ether oxygens (including phenoxy) is 1. The molecule has 1 amide bonds. The zero-order valence-electron chi connectivity index (χ0n) is 19.8. The van der Waals surface area contributed by atoms with Gasteiger partial charge in [-0.3, -0.25) is 5.32 Å². The molecule has 170 valence electrons. The van der Waals surface area contributed by atoms with Crippen molar-refractivity contribution in [2.24, 2.45) is 0 Å². The number of rotatable bonds is 7. The average molecular weight is 452 g/mol. The average Bonchev–Trinajstić information content (AvgIpc) is 3.04. The van der Waals surface area contributed by atoms with Crippen molar-refractivity contribution in [3.8, 4) is 11.4 Å². The first-order valence-electron chi connectivity index (χ1n) is 10.9. The molecular weight excluding hydrogens is 418 g/mol. The van der Waals surface area contributed by atoms with Crippen molar-refractivity contribution in [3.63, 3.8) is 0 Å². The normalized spacial score (nSPS) is 11.9. The lowest BCUT2D eigenvalue weighted by molar-refractivity contribution is 0.215. The number of carbonyl (C=O) groups excluding carboxylic acids is 1. The van der Waals surface area contributed by atoms with E-state index in [9.17, 15) is 4.79 Å². The predicted octanol–water partition coefficient (Wildman–Crippen LogP) is 6.36. The fourth-order valence-corrected chi connectivity index (χ4v) is 4.06. The Balaban J connectivity index is 1.82. The molecule has 0 aliphatic rings. The molecule has 32 heavy (non-hydrogen) atoms. The fourth-order valence-electron chi connectivity index (χ4n) is 3.02. The summed E-state index contributed by atoms with van der Waals surface area (Å²) in [5.41, 5.74) is 2.66. The third-order valence-electron chi connectivity index (χ3n) is 6.00. The largest absolute Gasteiger partial charge is 0.418 e. The molecule has 0 aliphatic carbocycles. The minimum atomic E-state index is -1.84. The summed E-state index contributed by atoms with van der Waals surface area (Å²) in [5, 5.41) is 7.84. The first-order chi connectivity index (χ1) is 15.1. The lowest BCUT2D eigenvalue weighted by atomic mass is 10.2. The van der Waals surface area contributed by atoms with Crippen molar-refractivity contribution < 1.29 is 14.0 Å². The van der Waals surface area contributed by atoms with Gasteiger partial charge in [-0.2, -0.15) is 5.10 Å². The molecule has 0 radical (unpaired) electrons. The van der Waals surface area contributed by atoms with Crippen LogP contribution in [0.15, 0.2) is 60.7 Å².